The number of nitrogens with one attached hydrogen (secondary N) is 1. The Morgan fingerprint density at radius 1 is 1.32 bits per heavy atom. The van der Waals surface area contributed by atoms with E-state index in [0.717, 1.165) is 5.75 Å². The van der Waals surface area contributed by atoms with Crippen LogP contribution in [0.1, 0.15) is 29.5 Å². The van der Waals surface area contributed by atoms with Crippen molar-refractivity contribution in [2.24, 2.45) is 5.92 Å². The van der Waals surface area contributed by atoms with Gasteiger partial charge in [-0.15, -0.1) is 0 Å². The zero-order chi connectivity index (χ0) is 14.0. The maximum absolute atomic E-state index is 9.70. The average molecular weight is 263 g/mol. The standard InChI is InChI=1S/C16H25NO2/c1-11-7-12(2)13(3)15(8-11)19-10-16(9-18,17-4)14-5-6-14/h7-8,14,17-18H,5-6,9-10H2,1-4H3. The molecule has 1 aromatic carbocycles. The van der Waals surface area contributed by atoms with Crippen molar-refractivity contribution in [2.45, 2.75) is 39.2 Å². The lowest BCUT2D eigenvalue weighted by Gasteiger charge is -2.32. The first-order valence-corrected chi connectivity index (χ1v) is 7.03. The smallest absolute Gasteiger partial charge is 0.122 e. The van der Waals surface area contributed by atoms with Crippen LogP contribution in [0, 0.1) is 26.7 Å². The Kier molecular flexibility index (Phi) is 4.16. The molecule has 0 radical (unpaired) electrons. The zero-order valence-electron chi connectivity index (χ0n) is 12.4. The van der Waals surface area contributed by atoms with Crippen LogP contribution in [0.4, 0.5) is 0 Å². The summed E-state index contributed by atoms with van der Waals surface area (Å²) in [5.41, 5.74) is 3.36. The molecule has 0 bridgehead atoms. The lowest BCUT2D eigenvalue weighted by Crippen LogP contribution is -2.53. The van der Waals surface area contributed by atoms with Crippen molar-refractivity contribution in [1.29, 1.82) is 0 Å². The third kappa shape index (κ3) is 2.93. The molecular formula is C16H25NO2. The summed E-state index contributed by atoms with van der Waals surface area (Å²) in [4.78, 5) is 0. The minimum absolute atomic E-state index is 0.123. The van der Waals surface area contributed by atoms with Crippen molar-refractivity contribution in [3.05, 3.63) is 28.8 Å². The topological polar surface area (TPSA) is 41.5 Å². The van der Waals surface area contributed by atoms with E-state index in [4.69, 9.17) is 4.74 Å². The van der Waals surface area contributed by atoms with E-state index in [0.29, 0.717) is 12.5 Å². The molecule has 0 aliphatic heterocycles. The second-order valence-corrected chi connectivity index (χ2v) is 5.83. The Morgan fingerprint density at radius 3 is 2.53 bits per heavy atom. The Morgan fingerprint density at radius 2 is 2.00 bits per heavy atom. The molecule has 1 unspecified atom stereocenters. The molecule has 2 rings (SSSR count). The number of hydrogen-bond donors (Lipinski definition) is 2. The highest BCUT2D eigenvalue weighted by Gasteiger charge is 2.44. The minimum atomic E-state index is -0.288. The van der Waals surface area contributed by atoms with Crippen molar-refractivity contribution >= 4 is 0 Å². The first kappa shape index (κ1) is 14.4. The Bertz CT molecular complexity index is 448. The van der Waals surface area contributed by atoms with Crippen molar-refractivity contribution in [3.63, 3.8) is 0 Å². The average Bonchev–Trinajstić information content (AvgIpc) is 3.21. The van der Waals surface area contributed by atoms with Crippen LogP contribution in [0.15, 0.2) is 12.1 Å². The molecule has 1 fully saturated rings. The first-order valence-electron chi connectivity index (χ1n) is 7.03. The molecule has 1 aliphatic carbocycles. The van der Waals surface area contributed by atoms with Gasteiger partial charge >= 0.3 is 0 Å². The molecule has 0 spiro atoms. The fourth-order valence-electron chi connectivity index (χ4n) is 2.64. The molecule has 3 heteroatoms. The van der Waals surface area contributed by atoms with Gasteiger partial charge < -0.3 is 15.2 Å². The van der Waals surface area contributed by atoms with Gasteiger partial charge in [0.1, 0.15) is 12.4 Å². The second-order valence-electron chi connectivity index (χ2n) is 5.83. The molecule has 1 aliphatic rings. The van der Waals surface area contributed by atoms with E-state index in [1.165, 1.54) is 29.5 Å². The molecule has 3 nitrogen and oxygen atoms in total. The number of aliphatic hydroxyl groups excluding tert-OH is 1. The quantitative estimate of drug-likeness (QED) is 0.828. The highest BCUT2D eigenvalue weighted by atomic mass is 16.5. The van der Waals surface area contributed by atoms with Crippen LogP contribution < -0.4 is 10.1 Å². The van der Waals surface area contributed by atoms with E-state index < -0.39 is 0 Å². The molecule has 0 amide bonds. The molecule has 0 heterocycles. The molecule has 1 aromatic rings. The molecular weight excluding hydrogens is 238 g/mol. The summed E-state index contributed by atoms with van der Waals surface area (Å²) in [5, 5.41) is 13.0. The van der Waals surface area contributed by atoms with Gasteiger partial charge in [0.05, 0.1) is 12.1 Å². The summed E-state index contributed by atoms with van der Waals surface area (Å²) in [5.74, 6) is 1.47. The maximum atomic E-state index is 9.70. The predicted octanol–water partition coefficient (Wildman–Crippen LogP) is 2.35. The van der Waals surface area contributed by atoms with Crippen molar-refractivity contribution in [3.8, 4) is 5.75 Å². The Hall–Kier alpha value is -1.06. The monoisotopic (exact) mass is 263 g/mol. The van der Waals surface area contributed by atoms with Gasteiger partial charge in [-0.05, 0) is 69.3 Å². The fraction of sp³-hybridized carbons (Fsp3) is 0.625. The van der Waals surface area contributed by atoms with Crippen LogP contribution in [0.25, 0.3) is 0 Å². The van der Waals surface area contributed by atoms with Crippen LogP contribution in [0.2, 0.25) is 0 Å². The van der Waals surface area contributed by atoms with E-state index in [2.05, 4.69) is 38.2 Å². The summed E-state index contributed by atoms with van der Waals surface area (Å²) in [6.07, 6.45) is 2.35. The maximum Gasteiger partial charge on any atom is 0.122 e. The number of ether oxygens (including phenoxy) is 1. The third-order valence-electron chi connectivity index (χ3n) is 4.39. The van der Waals surface area contributed by atoms with Gasteiger partial charge in [0, 0.05) is 0 Å². The lowest BCUT2D eigenvalue weighted by atomic mass is 9.95. The van der Waals surface area contributed by atoms with Crippen molar-refractivity contribution < 1.29 is 9.84 Å². The molecule has 2 N–H and O–H groups in total. The summed E-state index contributed by atoms with van der Waals surface area (Å²) in [7, 11) is 1.91. The van der Waals surface area contributed by atoms with E-state index in [9.17, 15) is 5.11 Å². The number of likely N-dealkylation sites (N-methyl/N-ethyl adjacent to an activating group) is 1. The third-order valence-corrected chi connectivity index (χ3v) is 4.39. The number of hydrogen-bond acceptors (Lipinski definition) is 3. The van der Waals surface area contributed by atoms with E-state index in [1.807, 2.05) is 7.05 Å². The molecule has 0 saturated heterocycles. The molecule has 106 valence electrons. The fourth-order valence-corrected chi connectivity index (χ4v) is 2.64. The summed E-state index contributed by atoms with van der Waals surface area (Å²) < 4.78 is 6.02. The summed E-state index contributed by atoms with van der Waals surface area (Å²) >= 11 is 0. The minimum Gasteiger partial charge on any atom is -0.491 e. The van der Waals surface area contributed by atoms with Gasteiger partial charge in [-0.1, -0.05) is 6.07 Å². The molecule has 1 atom stereocenters. The van der Waals surface area contributed by atoms with Gasteiger partial charge in [0.15, 0.2) is 0 Å². The highest BCUT2D eigenvalue weighted by molar-refractivity contribution is 5.42. The zero-order valence-corrected chi connectivity index (χ0v) is 12.4. The number of rotatable bonds is 6. The summed E-state index contributed by atoms with van der Waals surface area (Å²) in [6, 6.07) is 4.24. The van der Waals surface area contributed by atoms with Crippen LogP contribution in [-0.2, 0) is 0 Å². The predicted molar refractivity (Wildman–Crippen MR) is 77.7 cm³/mol. The number of aliphatic hydroxyl groups is 1. The van der Waals surface area contributed by atoms with E-state index in [-0.39, 0.29) is 12.1 Å². The van der Waals surface area contributed by atoms with Gasteiger partial charge in [0.2, 0.25) is 0 Å². The number of aryl methyl sites for hydroxylation is 2. The first-order chi connectivity index (χ1) is 9.02. The largest absolute Gasteiger partial charge is 0.491 e. The van der Waals surface area contributed by atoms with Gasteiger partial charge in [-0.2, -0.15) is 0 Å². The SMILES string of the molecule is CNC(CO)(COc1cc(C)cc(C)c1C)C1CC1. The summed E-state index contributed by atoms with van der Waals surface area (Å²) in [6.45, 7) is 6.92. The lowest BCUT2D eigenvalue weighted by molar-refractivity contribution is 0.0911. The van der Waals surface area contributed by atoms with Crippen LogP contribution >= 0.6 is 0 Å². The van der Waals surface area contributed by atoms with Crippen LogP contribution in [-0.4, -0.2) is 30.9 Å². The Labute approximate surface area is 116 Å². The second kappa shape index (κ2) is 5.51. The molecule has 1 saturated carbocycles. The van der Waals surface area contributed by atoms with Crippen molar-refractivity contribution in [2.75, 3.05) is 20.3 Å². The normalized spacial score (nSPS) is 18.2. The van der Waals surface area contributed by atoms with Crippen molar-refractivity contribution in [1.82, 2.24) is 5.32 Å². The van der Waals surface area contributed by atoms with Gasteiger partial charge in [-0.3, -0.25) is 0 Å². The van der Waals surface area contributed by atoms with Gasteiger partial charge in [0.25, 0.3) is 0 Å². The van der Waals surface area contributed by atoms with Crippen LogP contribution in [0.5, 0.6) is 5.75 Å². The van der Waals surface area contributed by atoms with Gasteiger partial charge in [-0.25, -0.2) is 0 Å². The van der Waals surface area contributed by atoms with E-state index in [1.54, 1.807) is 0 Å². The van der Waals surface area contributed by atoms with Crippen LogP contribution in [0.3, 0.4) is 0 Å². The Balaban J connectivity index is 2.13. The highest BCUT2D eigenvalue weighted by Crippen LogP contribution is 2.40. The number of benzene rings is 1. The molecule has 0 aromatic heterocycles. The van der Waals surface area contributed by atoms with E-state index >= 15 is 0 Å². The molecule has 19 heavy (non-hydrogen) atoms.